The van der Waals surface area contributed by atoms with E-state index in [0.717, 1.165) is 62.7 Å². The van der Waals surface area contributed by atoms with Crippen molar-refractivity contribution < 1.29 is 67.9 Å². The van der Waals surface area contributed by atoms with Crippen LogP contribution in [0.4, 0.5) is 0 Å². The van der Waals surface area contributed by atoms with E-state index in [-0.39, 0.29) is 96.0 Å². The number of hydrogen-bond acceptors (Lipinski definition) is 19. The number of esters is 2. The van der Waals surface area contributed by atoms with E-state index in [4.69, 9.17) is 20.3 Å². The minimum Gasteiger partial charge on any atom is -0.481 e. The topological polar surface area (TPSA) is 322 Å². The van der Waals surface area contributed by atoms with Crippen molar-refractivity contribution in [2.24, 2.45) is 47.2 Å². The first-order chi connectivity index (χ1) is 47.4. The van der Waals surface area contributed by atoms with Gasteiger partial charge in [-0.3, -0.25) is 53.0 Å². The van der Waals surface area contributed by atoms with Gasteiger partial charge in [-0.2, -0.15) is 0 Å². The number of likely N-dealkylation sites (tertiary alicyclic amines) is 2. The lowest BCUT2D eigenvalue weighted by Gasteiger charge is -2.37. The number of benzene rings is 2. The summed E-state index contributed by atoms with van der Waals surface area (Å²) in [6.07, 6.45) is 5.66. The van der Waals surface area contributed by atoms with Gasteiger partial charge in [-0.1, -0.05) is 143 Å². The van der Waals surface area contributed by atoms with Gasteiger partial charge in [0, 0.05) is 81.1 Å². The Labute approximate surface area is 607 Å². The number of nitrogens with one attached hydrogen (secondary N) is 2. The van der Waals surface area contributed by atoms with Gasteiger partial charge in [0.25, 0.3) is 11.8 Å². The number of carbonyl (C=O) groups excluding carboxylic acids is 7. The molecule has 0 spiro atoms. The zero-order valence-electron chi connectivity index (χ0n) is 63.0. The summed E-state index contributed by atoms with van der Waals surface area (Å²) in [5.74, 6) is -4.88. The standard InChI is InChI=1S/C37H56N4O6S.C32H48N4O6S.C7H13NO2/c1-9-24(4)28(20-32(43)37(6)16-13-17-40(37)7)35(45)41(8)30(23(2)3)21-31(42)34-39-29(22-48-34)33(44)38-27(18-25(5)36(46)47)19-26-14-11-10-12-15-26;1-9-20(4)28(33)31(39)36(7)26(19(2)3)17-27(42-22(6)37)30-35-25(18-43-30)29(38)34-24(15-21(5)32(40)41-8)16-23-13-11-10-12-14-23;1-7(6(9)10)4-3-5-8(7)2/h10-12,14-15,22-25,27-28,30-31,42H,9,13,16-21H2,1-8H3,(H,38,44)(H,46,47);10-14,18-21,24,26-28H,9,15-17,33H2,1-8H3,(H,34,38);3-5H2,1-2H3,(H,9,10)/t24-,25-,27+,28-,30+,31+,37+;20-,21-,24+,26+,27+,28-;7-/m001/s1. The summed E-state index contributed by atoms with van der Waals surface area (Å²) >= 11 is 2.40. The number of carboxylic acid groups (broad SMARTS) is 2. The van der Waals surface area contributed by atoms with Gasteiger partial charge in [0.1, 0.15) is 33.0 Å². The molecule has 562 valence electrons. The largest absolute Gasteiger partial charge is 0.481 e. The summed E-state index contributed by atoms with van der Waals surface area (Å²) in [5, 5.41) is 39.6. The normalized spacial score (nSPS) is 19.7. The number of carbonyl (C=O) groups is 9. The van der Waals surface area contributed by atoms with Crippen LogP contribution in [0.1, 0.15) is 215 Å². The molecule has 2 aliphatic rings. The molecule has 0 aliphatic carbocycles. The molecular formula is C76H117N9O14S2. The zero-order valence-corrected chi connectivity index (χ0v) is 64.7. The van der Waals surface area contributed by atoms with Crippen molar-refractivity contribution in [1.82, 2.24) is 40.2 Å². The number of nitrogens with two attached hydrogens (primary N) is 1. The summed E-state index contributed by atoms with van der Waals surface area (Å²) in [4.78, 5) is 130. The van der Waals surface area contributed by atoms with E-state index in [0.29, 0.717) is 35.7 Å². The molecule has 2 saturated heterocycles. The maximum Gasteiger partial charge on any atom is 0.323 e. The molecule has 0 bridgehead atoms. The van der Waals surface area contributed by atoms with E-state index < -0.39 is 82.8 Å². The van der Waals surface area contributed by atoms with Crippen LogP contribution in [0.2, 0.25) is 0 Å². The first kappa shape index (κ1) is 86.4. The van der Waals surface area contributed by atoms with Crippen molar-refractivity contribution in [2.75, 3.05) is 48.4 Å². The lowest BCUT2D eigenvalue weighted by Crippen LogP contribution is -2.51. The molecule has 14 atom stereocenters. The zero-order chi connectivity index (χ0) is 75.8. The summed E-state index contributed by atoms with van der Waals surface area (Å²) in [5.41, 5.74) is 7.44. The van der Waals surface area contributed by atoms with Crippen LogP contribution >= 0.6 is 22.7 Å². The molecule has 4 aromatic rings. The maximum absolute atomic E-state index is 14.1. The van der Waals surface area contributed by atoms with Crippen LogP contribution in [0.3, 0.4) is 0 Å². The lowest BCUT2D eigenvalue weighted by molar-refractivity contribution is -0.149. The molecule has 7 N–H and O–H groups in total. The number of thiazole rings is 2. The fraction of sp³-hybridized carbons (Fsp3) is 0.645. The van der Waals surface area contributed by atoms with E-state index >= 15 is 0 Å². The molecule has 0 saturated carbocycles. The first-order valence-electron chi connectivity index (χ1n) is 35.7. The third kappa shape index (κ3) is 25.1. The Morgan fingerprint density at radius 1 is 0.644 bits per heavy atom. The Morgan fingerprint density at radius 3 is 1.50 bits per heavy atom. The molecule has 0 radical (unpaired) electrons. The van der Waals surface area contributed by atoms with E-state index in [1.807, 2.05) is 142 Å². The Bertz CT molecular complexity index is 3320. The number of nitrogens with zero attached hydrogens (tertiary/aromatic N) is 6. The molecule has 2 aromatic heterocycles. The van der Waals surface area contributed by atoms with Gasteiger partial charge in [0.2, 0.25) is 11.8 Å². The molecular weight excluding hydrogens is 1330 g/mol. The highest BCUT2D eigenvalue weighted by Gasteiger charge is 2.45. The van der Waals surface area contributed by atoms with Gasteiger partial charge in [0.05, 0.1) is 30.5 Å². The second-order valence-corrected chi connectivity index (χ2v) is 30.8. The minimum atomic E-state index is -1.01. The molecule has 2 fully saturated rings. The van der Waals surface area contributed by atoms with Crippen molar-refractivity contribution >= 4 is 76.0 Å². The van der Waals surface area contributed by atoms with Gasteiger partial charge in [0.15, 0.2) is 11.9 Å². The number of likely N-dealkylation sites (N-methyl/N-ethyl adjacent to an activating group) is 3. The quantitative estimate of drug-likeness (QED) is 0.0233. The molecule has 0 unspecified atom stereocenters. The Kier molecular flexibility index (Phi) is 34.8. The van der Waals surface area contributed by atoms with Crippen LogP contribution < -0.4 is 16.4 Å². The molecule has 2 aromatic carbocycles. The van der Waals surface area contributed by atoms with Crippen molar-refractivity contribution in [3.63, 3.8) is 0 Å². The predicted octanol–water partition coefficient (Wildman–Crippen LogP) is 10.7. The number of rotatable bonds is 35. The van der Waals surface area contributed by atoms with Gasteiger partial charge < -0.3 is 51.0 Å². The third-order valence-electron chi connectivity index (χ3n) is 20.8. The van der Waals surface area contributed by atoms with Crippen molar-refractivity contribution in [2.45, 2.75) is 227 Å². The van der Waals surface area contributed by atoms with Crippen LogP contribution in [0, 0.1) is 41.4 Å². The van der Waals surface area contributed by atoms with Crippen molar-refractivity contribution in [1.29, 1.82) is 0 Å². The number of aliphatic carboxylic acids is 2. The summed E-state index contributed by atoms with van der Waals surface area (Å²) in [6.45, 7) is 26.3. The maximum atomic E-state index is 14.1. The fourth-order valence-corrected chi connectivity index (χ4v) is 14.8. The SMILES string of the molecule is CC[C@H](C)[C@H](CC(=O)[C@@]1(C)CCCN1C)C(=O)N(C)[C@H](C[C@@H](O)c1nc(C(=O)N[C@@H](Cc2ccccc2)C[C@H](C)C(=O)O)cs1)C(C)C.CC[C@H](C)[C@H](N)C(=O)N(C)[C@H](C[C@@H](OC(C)=O)c1nc(C(=O)N[C@@H](Cc2ccccc2)C[C@H](C)C(=O)OC)cs1)C(C)C.CN1CCC[C@]1(C)C(=O)O. The molecule has 2 aliphatic heterocycles. The van der Waals surface area contributed by atoms with Crippen LogP contribution in [0.5, 0.6) is 0 Å². The van der Waals surface area contributed by atoms with Crippen molar-refractivity contribution in [3.8, 4) is 0 Å². The number of carboxylic acids is 2. The van der Waals surface area contributed by atoms with Crippen LogP contribution in [-0.4, -0.2) is 188 Å². The number of ketones is 1. The van der Waals surface area contributed by atoms with Crippen LogP contribution in [0.15, 0.2) is 71.4 Å². The number of amides is 4. The molecule has 4 amide bonds. The number of methoxy groups -OCH3 is 1. The molecule has 25 heteroatoms. The Balaban J connectivity index is 0.000000377. The molecule has 101 heavy (non-hydrogen) atoms. The van der Waals surface area contributed by atoms with Gasteiger partial charge in [-0.05, 0) is 127 Å². The van der Waals surface area contributed by atoms with Gasteiger partial charge >= 0.3 is 23.9 Å². The van der Waals surface area contributed by atoms with Crippen LogP contribution in [-0.2, 0) is 55.9 Å². The van der Waals surface area contributed by atoms with E-state index in [9.17, 15) is 53.4 Å². The second kappa shape index (κ2) is 40.7. The number of Topliss-reactive ketones (excluding diaryl/α,β-unsaturated/α-hetero) is 1. The summed E-state index contributed by atoms with van der Waals surface area (Å²) in [7, 11) is 8.67. The number of aliphatic hydroxyl groups excluding tert-OH is 1. The predicted molar refractivity (Wildman–Crippen MR) is 394 cm³/mol. The summed E-state index contributed by atoms with van der Waals surface area (Å²) in [6, 6.07) is 17.3. The fourth-order valence-electron chi connectivity index (χ4n) is 13.1. The van der Waals surface area contributed by atoms with Crippen LogP contribution in [0.25, 0.3) is 0 Å². The molecule has 4 heterocycles. The van der Waals surface area contributed by atoms with E-state index in [2.05, 4.69) is 25.5 Å². The summed E-state index contributed by atoms with van der Waals surface area (Å²) < 4.78 is 10.6. The lowest BCUT2D eigenvalue weighted by atomic mass is 9.80. The highest BCUT2D eigenvalue weighted by Crippen LogP contribution is 2.36. The van der Waals surface area contributed by atoms with E-state index in [1.165, 1.54) is 36.7 Å². The Morgan fingerprint density at radius 2 is 1.09 bits per heavy atom. The van der Waals surface area contributed by atoms with Crippen molar-refractivity contribution in [3.05, 3.63) is 104 Å². The smallest absolute Gasteiger partial charge is 0.323 e. The minimum absolute atomic E-state index is 0.0121. The second-order valence-electron chi connectivity index (χ2n) is 29.0. The van der Waals surface area contributed by atoms with Gasteiger partial charge in [-0.15, -0.1) is 22.7 Å². The Hall–Kier alpha value is -7.03. The molecule has 6 rings (SSSR count). The number of aliphatic hydroxyl groups is 1. The number of hydrogen-bond donors (Lipinski definition) is 6. The number of aromatic nitrogens is 2. The third-order valence-corrected chi connectivity index (χ3v) is 22.7. The van der Waals surface area contributed by atoms with E-state index in [1.54, 1.807) is 55.4 Å². The highest BCUT2D eigenvalue weighted by atomic mass is 32.1. The highest BCUT2D eigenvalue weighted by molar-refractivity contribution is 7.10. The number of ether oxygens (including phenoxy) is 2. The average Bonchev–Trinajstić information content (AvgIpc) is 1.74. The van der Waals surface area contributed by atoms with Gasteiger partial charge in [-0.25, -0.2) is 9.97 Å². The monoisotopic (exact) mass is 1440 g/mol. The average molecular weight is 1440 g/mol. The molecule has 23 nitrogen and oxygen atoms in total. The first-order valence-corrected chi connectivity index (χ1v) is 37.4.